The van der Waals surface area contributed by atoms with Gasteiger partial charge in [0.25, 0.3) is 0 Å². The van der Waals surface area contributed by atoms with Gasteiger partial charge in [-0.25, -0.2) is 0 Å². The first-order chi connectivity index (χ1) is 38.4. The van der Waals surface area contributed by atoms with Gasteiger partial charge in [0.2, 0.25) is 0 Å². The first-order valence-corrected chi connectivity index (χ1v) is 32.0. The number of fused-ring (bicyclic) bond motifs is 3. The average Bonchev–Trinajstić information content (AvgIpc) is 4.08. The Balaban J connectivity index is 1.15. The predicted molar refractivity (Wildman–Crippen MR) is 296 cm³/mol. The monoisotopic (exact) mass is 1240 g/mol. The molecular formula is C52H72O22S6. The maximum absolute atomic E-state index is 13.6. The van der Waals surface area contributed by atoms with Crippen LogP contribution in [0.4, 0.5) is 0 Å². The van der Waals surface area contributed by atoms with Gasteiger partial charge in [0, 0.05) is 50.9 Å². The van der Waals surface area contributed by atoms with Gasteiger partial charge in [-0.15, -0.1) is 0 Å². The Hall–Kier alpha value is -3.25. The van der Waals surface area contributed by atoms with Crippen molar-refractivity contribution in [2.75, 3.05) is 87.4 Å². The lowest BCUT2D eigenvalue weighted by Crippen LogP contribution is -2.47. The summed E-state index contributed by atoms with van der Waals surface area (Å²) in [7, 11) is 0. The Labute approximate surface area is 493 Å². The summed E-state index contributed by atoms with van der Waals surface area (Å²) in [4.78, 5) is 139. The normalized spacial score (nSPS) is 26.4. The van der Waals surface area contributed by atoms with E-state index in [1.807, 2.05) is 0 Å². The predicted octanol–water partition coefficient (Wildman–Crippen LogP) is 3.96. The van der Waals surface area contributed by atoms with Gasteiger partial charge in [-0.1, -0.05) is 0 Å². The number of rotatable bonds is 35. The van der Waals surface area contributed by atoms with Crippen LogP contribution >= 0.6 is 73.2 Å². The van der Waals surface area contributed by atoms with Crippen molar-refractivity contribution < 1.29 is 105 Å². The van der Waals surface area contributed by atoms with Crippen LogP contribution in [-0.2, 0) is 100 Å². The van der Waals surface area contributed by atoms with E-state index in [1.165, 1.54) is 35.3 Å². The third-order valence-electron chi connectivity index (χ3n) is 14.9. The molecule has 6 rings (SSSR count). The number of cyclic esters (lactones) is 6. The lowest BCUT2D eigenvalue weighted by atomic mass is 9.81. The molecule has 3 aliphatic heterocycles. The zero-order valence-electron chi connectivity index (χ0n) is 44.4. The van der Waals surface area contributed by atoms with Crippen LogP contribution in [0.5, 0.6) is 0 Å². The Morgan fingerprint density at radius 3 is 1.07 bits per heavy atom. The summed E-state index contributed by atoms with van der Waals surface area (Å²) in [6.45, 7) is -3.75. The minimum absolute atomic E-state index is 0.0184. The molecule has 448 valence electrons. The van der Waals surface area contributed by atoms with Crippen LogP contribution in [0.3, 0.4) is 0 Å². The molecule has 0 aromatic carbocycles. The fourth-order valence-corrected chi connectivity index (χ4v) is 14.7. The van der Waals surface area contributed by atoms with Crippen LogP contribution in [0, 0.1) is 46.3 Å². The number of thioether (sulfide) groups is 3. The minimum Gasteiger partial charge on any atom is -0.465 e. The first kappa shape index (κ1) is 65.9. The first-order valence-electron chi connectivity index (χ1n) is 27.0. The molecule has 3 heterocycles. The van der Waals surface area contributed by atoms with Gasteiger partial charge in [-0.2, -0.15) is 73.2 Å². The van der Waals surface area contributed by atoms with E-state index in [9.17, 15) is 57.8 Å². The molecule has 3 aliphatic carbocycles. The highest BCUT2D eigenvalue weighted by molar-refractivity contribution is 8.00. The van der Waals surface area contributed by atoms with Crippen LogP contribution in [-0.4, -0.2) is 180 Å². The molecular weight excluding hydrogens is 1170 g/mol. The lowest BCUT2D eigenvalue weighted by Gasteiger charge is -2.36. The van der Waals surface area contributed by atoms with Crippen LogP contribution in [0.25, 0.3) is 0 Å². The lowest BCUT2D eigenvalue weighted by molar-refractivity contribution is -0.185. The van der Waals surface area contributed by atoms with Gasteiger partial charge in [0.1, 0.15) is 33.0 Å². The van der Waals surface area contributed by atoms with E-state index in [0.29, 0.717) is 75.0 Å². The van der Waals surface area contributed by atoms with E-state index in [4.69, 9.17) is 47.4 Å². The van der Waals surface area contributed by atoms with E-state index in [2.05, 4.69) is 37.9 Å². The number of ether oxygens (including phenoxy) is 10. The molecule has 0 radical (unpaired) electrons. The molecule has 80 heavy (non-hydrogen) atoms. The second kappa shape index (κ2) is 32.7. The summed E-state index contributed by atoms with van der Waals surface area (Å²) in [5.41, 5.74) is -3.13. The molecule has 10 atom stereocenters. The maximum Gasteiger partial charge on any atom is 0.317 e. The summed E-state index contributed by atoms with van der Waals surface area (Å²) in [6.07, 6.45) is 3.01. The molecule has 6 fully saturated rings. The zero-order valence-corrected chi connectivity index (χ0v) is 49.5. The van der Waals surface area contributed by atoms with Crippen molar-refractivity contribution in [1.29, 1.82) is 0 Å². The molecule has 1 N–H and O–H groups in total. The highest BCUT2D eigenvalue weighted by Gasteiger charge is 2.50. The van der Waals surface area contributed by atoms with Crippen molar-refractivity contribution in [3.8, 4) is 0 Å². The number of carbonyl (C=O) groups is 11. The third-order valence-corrected chi connectivity index (χ3v) is 19.6. The molecule has 22 nitrogen and oxygen atoms in total. The molecule has 28 heteroatoms. The highest BCUT2D eigenvalue weighted by atomic mass is 32.2. The topological polar surface area (TPSA) is 300 Å². The van der Waals surface area contributed by atoms with Gasteiger partial charge < -0.3 is 52.5 Å². The molecule has 0 aromatic heterocycles. The summed E-state index contributed by atoms with van der Waals surface area (Å²) in [6, 6.07) is 0. The average molecular weight is 1240 g/mol. The molecule has 0 amide bonds. The Kier molecular flexibility index (Phi) is 26.9. The fraction of sp³-hybridized carbons (Fsp3) is 0.788. The van der Waals surface area contributed by atoms with Crippen LogP contribution < -0.4 is 0 Å². The Morgan fingerprint density at radius 2 is 0.738 bits per heavy atom. The van der Waals surface area contributed by atoms with E-state index >= 15 is 0 Å². The zero-order chi connectivity index (χ0) is 57.8. The SMILES string of the molecule is O=C(CCS)OCC(COCC(COC(=O)CCS)(COC(=O)CCS)COC(O)CCSC1CCC2C(=O)OC(=O)C2C1)(COC(=O)CCSC1CCC2C(=O)OC(=O)C2C1)COC(=O)CCSC1CCC2C(=O)OC(=O)C2C1. The van der Waals surface area contributed by atoms with Crippen molar-refractivity contribution in [1.82, 2.24) is 0 Å². The maximum atomic E-state index is 13.6. The van der Waals surface area contributed by atoms with Gasteiger partial charge in [0.15, 0.2) is 6.29 Å². The van der Waals surface area contributed by atoms with Crippen molar-refractivity contribution in [3.05, 3.63) is 0 Å². The number of aliphatic hydroxyl groups excluding tert-OH is 1. The van der Waals surface area contributed by atoms with E-state index in [1.54, 1.807) is 0 Å². The number of carbonyl (C=O) groups excluding carboxylic acids is 11. The Morgan fingerprint density at radius 1 is 0.438 bits per heavy atom. The number of hydrogen-bond acceptors (Lipinski definition) is 28. The molecule has 6 aliphatic rings. The molecule has 0 aromatic rings. The quantitative estimate of drug-likeness (QED) is 0.0229. The van der Waals surface area contributed by atoms with Crippen LogP contribution in [0.2, 0.25) is 0 Å². The largest absolute Gasteiger partial charge is 0.465 e. The second-order valence-corrected chi connectivity index (χ2v) is 26.6. The van der Waals surface area contributed by atoms with Crippen molar-refractivity contribution in [2.24, 2.45) is 46.3 Å². The number of thiol groups is 3. The molecule has 0 spiro atoms. The van der Waals surface area contributed by atoms with Gasteiger partial charge >= 0.3 is 65.7 Å². The number of aliphatic hydroxyl groups is 1. The summed E-state index contributed by atoms with van der Waals surface area (Å²) >= 11 is 16.9. The smallest absolute Gasteiger partial charge is 0.317 e. The highest BCUT2D eigenvalue weighted by Crippen LogP contribution is 2.44. The van der Waals surface area contributed by atoms with Crippen molar-refractivity contribution in [3.63, 3.8) is 0 Å². The van der Waals surface area contributed by atoms with Gasteiger partial charge in [-0.05, 0) is 63.5 Å². The second-order valence-electron chi connectivity index (χ2n) is 21.0. The van der Waals surface area contributed by atoms with Gasteiger partial charge in [0.05, 0.1) is 98.3 Å². The molecule has 10 unspecified atom stereocenters. The summed E-state index contributed by atoms with van der Waals surface area (Å²) < 4.78 is 55.6. The molecule has 3 saturated carbocycles. The van der Waals surface area contributed by atoms with Crippen molar-refractivity contribution >= 4 is 139 Å². The van der Waals surface area contributed by atoms with Crippen LogP contribution in [0.15, 0.2) is 0 Å². The molecule has 0 bridgehead atoms. The van der Waals surface area contributed by atoms with Crippen LogP contribution in [0.1, 0.15) is 96.3 Å². The summed E-state index contributed by atoms with van der Waals surface area (Å²) in [5, 5.41) is 11.2. The fourth-order valence-electron chi connectivity index (χ4n) is 10.3. The van der Waals surface area contributed by atoms with Crippen molar-refractivity contribution in [2.45, 2.75) is 118 Å². The third kappa shape index (κ3) is 20.0. The number of hydrogen-bond donors (Lipinski definition) is 4. The van der Waals surface area contributed by atoms with E-state index in [-0.39, 0.29) is 71.5 Å². The van der Waals surface area contributed by atoms with E-state index < -0.39 is 171 Å². The summed E-state index contributed by atoms with van der Waals surface area (Å²) in [5.74, 6) is -7.93. The number of esters is 11. The Bertz CT molecular complexity index is 2120. The molecule has 3 saturated heterocycles. The minimum atomic E-state index is -1.60. The standard InChI is InChI=1S/C52H72O22S6/c53-39(7-13-75)66-24-51(25-67-40(54)8-14-76,27-69-42(56)10-16-78-30-1-4-33-36(19-30)48(62)72-45(33)59)22-65-23-52(26-68-41(55)9-15-77,28-70-43(57)11-17-79-31-2-5-34-37(20-31)49(63)73-46(34)60)29-71-44(58)12-18-80-32-3-6-35-38(21-32)50(64)74-47(35)61/h30-38,42,56,75-77H,1-29H2. The van der Waals surface area contributed by atoms with E-state index in [0.717, 1.165) is 0 Å². The van der Waals surface area contributed by atoms with Gasteiger partial charge in [-0.3, -0.25) is 52.7 Å².